The maximum Gasteiger partial charge on any atom is 0.255 e. The summed E-state index contributed by atoms with van der Waals surface area (Å²) in [5.41, 5.74) is 9.43. The zero-order chi connectivity index (χ0) is 22.0. The van der Waals surface area contributed by atoms with E-state index in [1.807, 2.05) is 26.0 Å². The fraction of sp³-hybridized carbons (Fsp3) is 0.0909. The van der Waals surface area contributed by atoms with Crippen molar-refractivity contribution in [2.75, 3.05) is 11.1 Å². The van der Waals surface area contributed by atoms with Gasteiger partial charge in [0.2, 0.25) is 0 Å². The molecule has 0 aliphatic heterocycles. The lowest BCUT2D eigenvalue weighted by atomic mass is 10.1. The van der Waals surface area contributed by atoms with E-state index in [2.05, 4.69) is 20.4 Å². The van der Waals surface area contributed by atoms with Crippen molar-refractivity contribution in [3.8, 4) is 11.3 Å². The van der Waals surface area contributed by atoms with Crippen LogP contribution < -0.4 is 11.1 Å². The van der Waals surface area contributed by atoms with Gasteiger partial charge in [0, 0.05) is 21.2 Å². The number of carbonyl (C=O) groups is 1. The first-order valence-corrected chi connectivity index (χ1v) is 10.5. The number of hydrogen-bond donors (Lipinski definition) is 2. The van der Waals surface area contributed by atoms with Crippen LogP contribution >= 0.6 is 23.4 Å². The predicted octanol–water partition coefficient (Wildman–Crippen LogP) is 5.39. The molecule has 0 unspecified atom stereocenters. The van der Waals surface area contributed by atoms with Crippen molar-refractivity contribution in [3.63, 3.8) is 0 Å². The number of hydrogen-bond acceptors (Lipinski definition) is 7. The van der Waals surface area contributed by atoms with Crippen LogP contribution in [0.4, 0.5) is 11.5 Å². The third kappa shape index (κ3) is 4.70. The highest BCUT2D eigenvalue weighted by Gasteiger charge is 2.16. The molecule has 4 rings (SSSR count). The molecule has 0 radical (unpaired) electrons. The average molecular weight is 452 g/mol. The topological polar surface area (TPSA) is 107 Å². The fourth-order valence-electron chi connectivity index (χ4n) is 2.95. The molecule has 0 spiro atoms. The fourth-order valence-corrected chi connectivity index (χ4v) is 3.87. The molecule has 9 heteroatoms. The lowest BCUT2D eigenvalue weighted by Gasteiger charge is -2.08. The minimum absolute atomic E-state index is 0.210. The van der Waals surface area contributed by atoms with Crippen molar-refractivity contribution in [3.05, 3.63) is 76.8 Å². The summed E-state index contributed by atoms with van der Waals surface area (Å²) in [6, 6.07) is 14.1. The zero-order valence-electron chi connectivity index (χ0n) is 16.7. The molecule has 0 fully saturated rings. The van der Waals surface area contributed by atoms with Gasteiger partial charge in [0.15, 0.2) is 5.82 Å². The number of aromatic nitrogens is 3. The standard InChI is InChI=1S/C22H18ClN5O2S/c1-12-19(13(2)30-28-12)18-11-25-20(24)22(27-18)31-17-9-3-14(4-10-17)21(29)26-16-7-5-15(23)6-8-16/h3-11H,1-2H3,(H2,24,25)(H,26,29). The summed E-state index contributed by atoms with van der Waals surface area (Å²) in [5, 5.41) is 7.98. The second kappa shape index (κ2) is 8.79. The summed E-state index contributed by atoms with van der Waals surface area (Å²) in [6.45, 7) is 3.68. The smallest absolute Gasteiger partial charge is 0.255 e. The summed E-state index contributed by atoms with van der Waals surface area (Å²) in [7, 11) is 0. The summed E-state index contributed by atoms with van der Waals surface area (Å²) >= 11 is 7.24. The maximum absolute atomic E-state index is 12.5. The van der Waals surface area contributed by atoms with Crippen LogP contribution in [-0.4, -0.2) is 21.0 Å². The Hall–Kier alpha value is -3.36. The molecular formula is C22H18ClN5O2S. The summed E-state index contributed by atoms with van der Waals surface area (Å²) in [4.78, 5) is 22.2. The third-order valence-corrected chi connectivity index (χ3v) is 5.74. The molecule has 4 aromatic rings. The van der Waals surface area contributed by atoms with Gasteiger partial charge in [-0.25, -0.2) is 9.97 Å². The first-order valence-electron chi connectivity index (χ1n) is 9.31. The Bertz CT molecular complexity index is 1220. The highest BCUT2D eigenvalue weighted by Crippen LogP contribution is 2.33. The Balaban J connectivity index is 1.51. The Kier molecular flexibility index (Phi) is 5.92. The van der Waals surface area contributed by atoms with Crippen molar-refractivity contribution >= 4 is 40.8 Å². The van der Waals surface area contributed by atoms with Gasteiger partial charge in [-0.05, 0) is 62.4 Å². The molecule has 7 nitrogen and oxygen atoms in total. The van der Waals surface area contributed by atoms with Gasteiger partial charge >= 0.3 is 0 Å². The highest BCUT2D eigenvalue weighted by atomic mass is 35.5. The van der Waals surface area contributed by atoms with Gasteiger partial charge in [0.1, 0.15) is 10.8 Å². The first kappa shape index (κ1) is 20.9. The van der Waals surface area contributed by atoms with Crippen LogP contribution in [0.3, 0.4) is 0 Å². The molecule has 0 aliphatic rings. The summed E-state index contributed by atoms with van der Waals surface area (Å²) in [6.07, 6.45) is 1.61. The van der Waals surface area contributed by atoms with Gasteiger partial charge in [0.25, 0.3) is 5.91 Å². The van der Waals surface area contributed by atoms with Gasteiger partial charge < -0.3 is 15.6 Å². The molecule has 0 aliphatic carbocycles. The first-order chi connectivity index (χ1) is 14.9. The highest BCUT2D eigenvalue weighted by molar-refractivity contribution is 7.99. The molecule has 1 amide bonds. The van der Waals surface area contributed by atoms with Crippen molar-refractivity contribution in [1.29, 1.82) is 0 Å². The molecule has 0 saturated carbocycles. The second-order valence-corrected chi connectivity index (χ2v) is 8.23. The lowest BCUT2D eigenvalue weighted by Crippen LogP contribution is -2.11. The van der Waals surface area contributed by atoms with Crippen LogP contribution in [0.15, 0.2) is 69.2 Å². The third-order valence-electron chi connectivity index (χ3n) is 4.49. The van der Waals surface area contributed by atoms with E-state index in [0.717, 1.165) is 16.2 Å². The van der Waals surface area contributed by atoms with Gasteiger partial charge in [-0.3, -0.25) is 4.79 Å². The van der Waals surface area contributed by atoms with E-state index in [1.54, 1.807) is 42.6 Å². The molecule has 2 heterocycles. The molecule has 0 atom stereocenters. The van der Waals surface area contributed by atoms with Gasteiger partial charge in [-0.15, -0.1) is 0 Å². The number of benzene rings is 2. The van der Waals surface area contributed by atoms with Gasteiger partial charge in [0.05, 0.1) is 23.1 Å². The number of nitrogens with two attached hydrogens (primary N) is 1. The summed E-state index contributed by atoms with van der Waals surface area (Å²) in [5.74, 6) is 0.784. The predicted molar refractivity (Wildman–Crippen MR) is 121 cm³/mol. The molecular weight excluding hydrogens is 434 g/mol. The van der Waals surface area contributed by atoms with Crippen LogP contribution in [0.2, 0.25) is 5.02 Å². The van der Waals surface area contributed by atoms with E-state index in [-0.39, 0.29) is 5.91 Å². The minimum Gasteiger partial charge on any atom is -0.381 e. The SMILES string of the molecule is Cc1noc(C)c1-c1cnc(N)c(Sc2ccc(C(=O)Nc3ccc(Cl)cc3)cc2)n1. The molecule has 0 bridgehead atoms. The molecule has 156 valence electrons. The Morgan fingerprint density at radius 1 is 1.10 bits per heavy atom. The normalized spacial score (nSPS) is 10.8. The van der Waals surface area contributed by atoms with E-state index >= 15 is 0 Å². The Morgan fingerprint density at radius 3 is 2.45 bits per heavy atom. The maximum atomic E-state index is 12.5. The molecule has 0 saturated heterocycles. The van der Waals surface area contributed by atoms with Crippen LogP contribution in [0, 0.1) is 13.8 Å². The van der Waals surface area contributed by atoms with E-state index in [1.165, 1.54) is 11.8 Å². The Morgan fingerprint density at radius 2 is 1.81 bits per heavy atom. The van der Waals surface area contributed by atoms with Crippen LogP contribution in [0.25, 0.3) is 11.3 Å². The quantitative estimate of drug-likeness (QED) is 0.419. The Labute approximate surface area is 188 Å². The van der Waals surface area contributed by atoms with Crippen LogP contribution in [-0.2, 0) is 0 Å². The number of rotatable bonds is 5. The van der Waals surface area contributed by atoms with Crippen molar-refractivity contribution < 1.29 is 9.32 Å². The largest absolute Gasteiger partial charge is 0.381 e. The number of nitrogen functional groups attached to an aromatic ring is 1. The molecule has 2 aromatic heterocycles. The molecule has 2 aromatic carbocycles. The number of anilines is 2. The monoisotopic (exact) mass is 451 g/mol. The number of carbonyl (C=O) groups excluding carboxylic acids is 1. The van der Waals surface area contributed by atoms with E-state index < -0.39 is 0 Å². The number of nitrogens with zero attached hydrogens (tertiary/aromatic N) is 3. The van der Waals surface area contributed by atoms with E-state index in [0.29, 0.717) is 38.6 Å². The number of halogens is 1. The van der Waals surface area contributed by atoms with Crippen LogP contribution in [0.5, 0.6) is 0 Å². The van der Waals surface area contributed by atoms with Gasteiger partial charge in [-0.2, -0.15) is 0 Å². The second-order valence-electron chi connectivity index (χ2n) is 6.73. The number of amides is 1. The minimum atomic E-state index is -0.210. The average Bonchev–Trinajstić information content (AvgIpc) is 3.10. The van der Waals surface area contributed by atoms with Crippen molar-refractivity contribution in [2.24, 2.45) is 0 Å². The van der Waals surface area contributed by atoms with Gasteiger partial charge in [-0.1, -0.05) is 28.5 Å². The number of aryl methyl sites for hydroxylation is 2. The lowest BCUT2D eigenvalue weighted by molar-refractivity contribution is 0.102. The number of nitrogens with one attached hydrogen (secondary N) is 1. The van der Waals surface area contributed by atoms with E-state index in [9.17, 15) is 4.79 Å². The summed E-state index contributed by atoms with van der Waals surface area (Å²) < 4.78 is 5.22. The van der Waals surface area contributed by atoms with E-state index in [4.69, 9.17) is 21.9 Å². The van der Waals surface area contributed by atoms with Crippen molar-refractivity contribution in [1.82, 2.24) is 15.1 Å². The molecule has 31 heavy (non-hydrogen) atoms. The zero-order valence-corrected chi connectivity index (χ0v) is 18.3. The molecule has 3 N–H and O–H groups in total. The van der Waals surface area contributed by atoms with Crippen molar-refractivity contribution in [2.45, 2.75) is 23.8 Å². The van der Waals surface area contributed by atoms with Crippen LogP contribution in [0.1, 0.15) is 21.8 Å².